The fourth-order valence-electron chi connectivity index (χ4n) is 2.08. The van der Waals surface area contributed by atoms with Gasteiger partial charge in [-0.3, -0.25) is 0 Å². The topological polar surface area (TPSA) is 21.3 Å². The molecule has 1 N–H and O–H groups in total. The molecule has 0 spiro atoms. The molecule has 0 radical (unpaired) electrons. The van der Waals surface area contributed by atoms with E-state index in [1.54, 1.807) is 5.57 Å². The zero-order valence-electron chi connectivity index (χ0n) is 8.22. The lowest BCUT2D eigenvalue weighted by Crippen LogP contribution is -2.24. The summed E-state index contributed by atoms with van der Waals surface area (Å²) in [5.41, 5.74) is 1.58. The molecular formula is C11H19NO. The van der Waals surface area contributed by atoms with Crippen molar-refractivity contribution in [1.82, 2.24) is 5.32 Å². The summed E-state index contributed by atoms with van der Waals surface area (Å²) >= 11 is 0. The molecular weight excluding hydrogens is 162 g/mol. The molecule has 2 heteroatoms. The first kappa shape index (κ1) is 9.22. The first-order valence-corrected chi connectivity index (χ1v) is 5.45. The quantitative estimate of drug-likeness (QED) is 0.657. The Bertz CT molecular complexity index is 175. The Kier molecular flexibility index (Phi) is 3.39. The van der Waals surface area contributed by atoms with Gasteiger partial charge in [0.1, 0.15) is 0 Å². The first-order chi connectivity index (χ1) is 6.45. The molecule has 2 saturated heterocycles. The third-order valence-corrected chi connectivity index (χ3v) is 2.90. The highest BCUT2D eigenvalue weighted by atomic mass is 16.5. The minimum absolute atomic E-state index is 0.523. The van der Waals surface area contributed by atoms with E-state index in [-0.39, 0.29) is 0 Å². The van der Waals surface area contributed by atoms with Gasteiger partial charge in [0.15, 0.2) is 0 Å². The van der Waals surface area contributed by atoms with Crippen molar-refractivity contribution in [3.05, 3.63) is 11.6 Å². The van der Waals surface area contributed by atoms with Crippen LogP contribution in [-0.2, 0) is 4.74 Å². The summed E-state index contributed by atoms with van der Waals surface area (Å²) < 4.78 is 5.58. The second-order valence-electron chi connectivity index (χ2n) is 4.01. The van der Waals surface area contributed by atoms with Crippen LogP contribution >= 0.6 is 0 Å². The van der Waals surface area contributed by atoms with Crippen LogP contribution in [0, 0.1) is 0 Å². The van der Waals surface area contributed by atoms with E-state index in [4.69, 9.17) is 4.74 Å². The van der Waals surface area contributed by atoms with Crippen molar-refractivity contribution in [2.75, 3.05) is 19.7 Å². The van der Waals surface area contributed by atoms with E-state index in [9.17, 15) is 0 Å². The average Bonchev–Trinajstić information content (AvgIpc) is 2.69. The lowest BCUT2D eigenvalue weighted by atomic mass is 10.0. The Morgan fingerprint density at radius 1 is 1.46 bits per heavy atom. The fourth-order valence-corrected chi connectivity index (χ4v) is 2.08. The third kappa shape index (κ3) is 2.82. The molecule has 0 saturated carbocycles. The van der Waals surface area contributed by atoms with Gasteiger partial charge in [-0.2, -0.15) is 0 Å². The highest BCUT2D eigenvalue weighted by Crippen LogP contribution is 2.18. The Labute approximate surface area is 80.4 Å². The van der Waals surface area contributed by atoms with Crippen molar-refractivity contribution in [3.8, 4) is 0 Å². The Morgan fingerprint density at radius 3 is 3.15 bits per heavy atom. The maximum atomic E-state index is 5.58. The lowest BCUT2D eigenvalue weighted by Gasteiger charge is -2.16. The van der Waals surface area contributed by atoms with Crippen LogP contribution in [0.5, 0.6) is 0 Å². The second-order valence-corrected chi connectivity index (χ2v) is 4.01. The largest absolute Gasteiger partial charge is 0.378 e. The van der Waals surface area contributed by atoms with Gasteiger partial charge < -0.3 is 10.1 Å². The highest BCUT2D eigenvalue weighted by Gasteiger charge is 2.14. The number of hydrogen-bond donors (Lipinski definition) is 1. The molecule has 0 aromatic carbocycles. The van der Waals surface area contributed by atoms with E-state index in [0.29, 0.717) is 6.10 Å². The average molecular weight is 181 g/mol. The van der Waals surface area contributed by atoms with E-state index in [0.717, 1.165) is 19.6 Å². The minimum atomic E-state index is 0.523. The SMILES string of the molecule is C(CC1CCCO1)=C1CCCNC1. The molecule has 1 unspecified atom stereocenters. The molecule has 2 heterocycles. The van der Waals surface area contributed by atoms with E-state index in [2.05, 4.69) is 11.4 Å². The molecule has 0 aliphatic carbocycles. The first-order valence-electron chi connectivity index (χ1n) is 5.45. The Hall–Kier alpha value is -0.340. The lowest BCUT2D eigenvalue weighted by molar-refractivity contribution is 0.113. The van der Waals surface area contributed by atoms with Gasteiger partial charge in [0.05, 0.1) is 6.10 Å². The van der Waals surface area contributed by atoms with Gasteiger partial charge in [-0.1, -0.05) is 11.6 Å². The summed E-state index contributed by atoms with van der Waals surface area (Å²) in [4.78, 5) is 0. The summed E-state index contributed by atoms with van der Waals surface area (Å²) in [6.07, 6.45) is 9.16. The van der Waals surface area contributed by atoms with Crippen LogP contribution in [0.25, 0.3) is 0 Å². The van der Waals surface area contributed by atoms with Crippen LogP contribution in [0.4, 0.5) is 0 Å². The van der Waals surface area contributed by atoms with E-state index < -0.39 is 0 Å². The zero-order valence-corrected chi connectivity index (χ0v) is 8.22. The van der Waals surface area contributed by atoms with E-state index >= 15 is 0 Å². The Morgan fingerprint density at radius 2 is 2.46 bits per heavy atom. The highest BCUT2D eigenvalue weighted by molar-refractivity contribution is 5.07. The van der Waals surface area contributed by atoms with Gasteiger partial charge in [0, 0.05) is 13.2 Å². The van der Waals surface area contributed by atoms with Crippen LogP contribution in [0.3, 0.4) is 0 Å². The number of hydrogen-bond acceptors (Lipinski definition) is 2. The maximum Gasteiger partial charge on any atom is 0.0610 e. The van der Waals surface area contributed by atoms with Gasteiger partial charge in [-0.25, -0.2) is 0 Å². The van der Waals surface area contributed by atoms with E-state index in [1.807, 2.05) is 0 Å². The summed E-state index contributed by atoms with van der Waals surface area (Å²) in [6.45, 7) is 3.27. The van der Waals surface area contributed by atoms with E-state index in [1.165, 1.54) is 32.2 Å². The number of piperidine rings is 1. The molecule has 0 amide bonds. The molecule has 0 bridgehead atoms. The molecule has 13 heavy (non-hydrogen) atoms. The van der Waals surface area contributed by atoms with Crippen molar-refractivity contribution >= 4 is 0 Å². The second kappa shape index (κ2) is 4.77. The minimum Gasteiger partial charge on any atom is -0.378 e. The summed E-state index contributed by atoms with van der Waals surface area (Å²) in [6, 6.07) is 0. The summed E-state index contributed by atoms with van der Waals surface area (Å²) in [7, 11) is 0. The Balaban J connectivity index is 1.74. The van der Waals surface area contributed by atoms with Crippen molar-refractivity contribution in [1.29, 1.82) is 0 Å². The van der Waals surface area contributed by atoms with Gasteiger partial charge in [0.2, 0.25) is 0 Å². The van der Waals surface area contributed by atoms with Gasteiger partial charge in [0.25, 0.3) is 0 Å². The molecule has 74 valence electrons. The normalized spacial score (nSPS) is 32.6. The van der Waals surface area contributed by atoms with Crippen LogP contribution < -0.4 is 5.32 Å². The van der Waals surface area contributed by atoms with Crippen molar-refractivity contribution in [2.45, 2.75) is 38.2 Å². The molecule has 2 rings (SSSR count). The fraction of sp³-hybridized carbons (Fsp3) is 0.818. The number of nitrogens with one attached hydrogen (secondary N) is 1. The third-order valence-electron chi connectivity index (χ3n) is 2.90. The molecule has 2 nitrogen and oxygen atoms in total. The van der Waals surface area contributed by atoms with Crippen LogP contribution in [0.15, 0.2) is 11.6 Å². The van der Waals surface area contributed by atoms with Crippen molar-refractivity contribution in [3.63, 3.8) is 0 Å². The molecule has 2 aliphatic rings. The predicted molar refractivity (Wildman–Crippen MR) is 53.8 cm³/mol. The van der Waals surface area contributed by atoms with Gasteiger partial charge in [-0.15, -0.1) is 0 Å². The van der Waals surface area contributed by atoms with Crippen molar-refractivity contribution < 1.29 is 4.74 Å². The molecule has 0 aromatic heterocycles. The summed E-state index contributed by atoms with van der Waals surface area (Å²) in [5, 5.41) is 3.40. The zero-order chi connectivity index (χ0) is 8.93. The molecule has 0 aromatic rings. The summed E-state index contributed by atoms with van der Waals surface area (Å²) in [5.74, 6) is 0. The maximum absolute atomic E-state index is 5.58. The van der Waals surface area contributed by atoms with Crippen LogP contribution in [-0.4, -0.2) is 25.8 Å². The predicted octanol–water partition coefficient (Wildman–Crippen LogP) is 1.87. The number of ether oxygens (including phenoxy) is 1. The monoisotopic (exact) mass is 181 g/mol. The van der Waals surface area contributed by atoms with Gasteiger partial charge >= 0.3 is 0 Å². The molecule has 2 aliphatic heterocycles. The van der Waals surface area contributed by atoms with Gasteiger partial charge in [-0.05, 0) is 38.6 Å². The molecule has 1 atom stereocenters. The standard InChI is InChI=1S/C11H19NO/c1-3-10(9-12-7-1)5-6-11-4-2-8-13-11/h5,11-12H,1-4,6-9H2. The van der Waals surface area contributed by atoms with Crippen molar-refractivity contribution in [2.24, 2.45) is 0 Å². The molecule has 2 fully saturated rings. The van der Waals surface area contributed by atoms with Crippen LogP contribution in [0.2, 0.25) is 0 Å². The van der Waals surface area contributed by atoms with Crippen LogP contribution in [0.1, 0.15) is 32.1 Å². The smallest absolute Gasteiger partial charge is 0.0610 e. The number of rotatable bonds is 2.